The Hall–Kier alpha value is -3.17. The number of hydrogen-bond donors (Lipinski definition) is 0. The number of rotatable bonds is 6. The van der Waals surface area contributed by atoms with Gasteiger partial charge in [0.15, 0.2) is 0 Å². The van der Waals surface area contributed by atoms with Crippen LogP contribution < -0.4 is 15.2 Å². The van der Waals surface area contributed by atoms with Gasteiger partial charge in [-0.25, -0.2) is 4.98 Å². The highest BCUT2D eigenvalue weighted by Gasteiger charge is 2.32. The fraction of sp³-hybridized carbons (Fsp3) is 0.357. The molecule has 1 aromatic carbocycles. The molecule has 0 radical (unpaired) electrons. The molecule has 37 heavy (non-hydrogen) atoms. The van der Waals surface area contributed by atoms with Crippen LogP contribution in [0, 0.1) is 6.92 Å². The number of aryl methyl sites for hydroxylation is 1. The van der Waals surface area contributed by atoms with Crippen LogP contribution in [0.1, 0.15) is 42.4 Å². The van der Waals surface area contributed by atoms with E-state index >= 15 is 0 Å². The topological polar surface area (TPSA) is 67.2 Å². The SMILES string of the molecule is COc1ccc(CCN2C(=O)/C(=C\c3c(N4CCCCCC4)nc4ccc(C)cn4c3=O)SC2=S)cc1. The summed E-state index contributed by atoms with van der Waals surface area (Å²) >= 11 is 6.82. The van der Waals surface area contributed by atoms with E-state index in [-0.39, 0.29) is 11.5 Å². The van der Waals surface area contributed by atoms with E-state index in [0.717, 1.165) is 42.8 Å². The third kappa shape index (κ3) is 5.43. The molecule has 0 aliphatic carbocycles. The van der Waals surface area contributed by atoms with Crippen molar-refractivity contribution in [2.24, 2.45) is 0 Å². The number of aromatic nitrogens is 2. The van der Waals surface area contributed by atoms with Crippen molar-refractivity contribution in [3.63, 3.8) is 0 Å². The van der Waals surface area contributed by atoms with E-state index in [0.29, 0.717) is 39.2 Å². The van der Waals surface area contributed by atoms with Crippen LogP contribution >= 0.6 is 24.0 Å². The molecular weight excluding hydrogens is 504 g/mol. The first-order valence-electron chi connectivity index (χ1n) is 12.6. The first-order chi connectivity index (χ1) is 17.9. The number of methoxy groups -OCH3 is 1. The Morgan fingerprint density at radius 2 is 1.78 bits per heavy atom. The fourth-order valence-corrected chi connectivity index (χ4v) is 6.04. The second-order valence-corrected chi connectivity index (χ2v) is 11.1. The molecule has 9 heteroatoms. The van der Waals surface area contributed by atoms with Gasteiger partial charge in [0.05, 0.1) is 17.6 Å². The molecule has 192 valence electrons. The summed E-state index contributed by atoms with van der Waals surface area (Å²) in [6, 6.07) is 11.6. The minimum Gasteiger partial charge on any atom is -0.497 e. The van der Waals surface area contributed by atoms with E-state index in [4.69, 9.17) is 21.9 Å². The summed E-state index contributed by atoms with van der Waals surface area (Å²) in [6.45, 7) is 4.11. The molecule has 0 unspecified atom stereocenters. The highest BCUT2D eigenvalue weighted by atomic mass is 32.2. The summed E-state index contributed by atoms with van der Waals surface area (Å²) in [7, 11) is 1.64. The van der Waals surface area contributed by atoms with Gasteiger partial charge in [0.1, 0.15) is 21.5 Å². The van der Waals surface area contributed by atoms with Gasteiger partial charge in [-0.2, -0.15) is 0 Å². The van der Waals surface area contributed by atoms with E-state index in [9.17, 15) is 9.59 Å². The molecule has 2 aliphatic heterocycles. The minimum absolute atomic E-state index is 0.168. The van der Waals surface area contributed by atoms with Crippen LogP contribution in [0.2, 0.25) is 0 Å². The summed E-state index contributed by atoms with van der Waals surface area (Å²) in [6.07, 6.45) is 8.63. The third-order valence-corrected chi connectivity index (χ3v) is 8.20. The van der Waals surface area contributed by atoms with Crippen LogP contribution in [-0.2, 0) is 11.2 Å². The van der Waals surface area contributed by atoms with Crippen LogP contribution in [0.3, 0.4) is 0 Å². The Kier molecular flexibility index (Phi) is 7.62. The van der Waals surface area contributed by atoms with Crippen LogP contribution in [0.5, 0.6) is 5.75 Å². The standard InChI is InChI=1S/C28H30N4O3S2/c1-19-7-12-24-29-25(30-14-5-3-4-6-15-30)22(26(33)32(24)18-19)17-23-27(34)31(28(36)37-23)16-13-20-8-10-21(35-2)11-9-20/h7-12,17-18H,3-6,13-16H2,1-2H3/b23-17+. The van der Waals surface area contributed by atoms with Crippen LogP contribution in [0.4, 0.5) is 5.82 Å². The van der Waals surface area contributed by atoms with Crippen molar-refractivity contribution in [2.45, 2.75) is 39.0 Å². The molecule has 2 saturated heterocycles. The molecule has 2 aromatic heterocycles. The Balaban J connectivity index is 1.48. The summed E-state index contributed by atoms with van der Waals surface area (Å²) in [4.78, 5) is 36.3. The average molecular weight is 535 g/mol. The van der Waals surface area contributed by atoms with E-state index in [1.807, 2.05) is 43.3 Å². The Bertz CT molecular complexity index is 1420. The number of benzene rings is 1. The van der Waals surface area contributed by atoms with E-state index in [2.05, 4.69) is 4.90 Å². The van der Waals surface area contributed by atoms with Gasteiger partial charge in [0.25, 0.3) is 11.5 Å². The number of thiocarbonyl (C=S) groups is 1. The lowest BCUT2D eigenvalue weighted by atomic mass is 10.1. The summed E-state index contributed by atoms with van der Waals surface area (Å²) in [5, 5.41) is 0. The van der Waals surface area contributed by atoms with Gasteiger partial charge in [0, 0.05) is 25.8 Å². The largest absolute Gasteiger partial charge is 0.497 e. The van der Waals surface area contributed by atoms with Crippen LogP contribution in [0.25, 0.3) is 11.7 Å². The average Bonchev–Trinajstić information content (AvgIpc) is 3.07. The van der Waals surface area contributed by atoms with Crippen molar-refractivity contribution in [3.8, 4) is 5.75 Å². The highest BCUT2D eigenvalue weighted by Crippen LogP contribution is 2.34. The maximum absolute atomic E-state index is 13.7. The molecule has 2 fully saturated rings. The summed E-state index contributed by atoms with van der Waals surface area (Å²) in [5.41, 5.74) is 2.94. The zero-order chi connectivity index (χ0) is 25.9. The maximum atomic E-state index is 13.7. The van der Waals surface area contributed by atoms with Crippen molar-refractivity contribution >= 4 is 51.7 Å². The van der Waals surface area contributed by atoms with Gasteiger partial charge in [-0.1, -0.05) is 55.0 Å². The molecular formula is C28H30N4O3S2. The predicted molar refractivity (Wildman–Crippen MR) is 153 cm³/mol. The molecule has 0 atom stereocenters. The zero-order valence-corrected chi connectivity index (χ0v) is 22.7. The number of carbonyl (C=O) groups excluding carboxylic acids is 1. The first-order valence-corrected chi connectivity index (χ1v) is 13.8. The number of anilines is 1. The lowest BCUT2D eigenvalue weighted by molar-refractivity contribution is -0.122. The molecule has 3 aromatic rings. The smallest absolute Gasteiger partial charge is 0.267 e. The molecule has 7 nitrogen and oxygen atoms in total. The fourth-order valence-electron chi connectivity index (χ4n) is 4.75. The van der Waals surface area contributed by atoms with Crippen molar-refractivity contribution in [1.29, 1.82) is 0 Å². The van der Waals surface area contributed by atoms with Gasteiger partial charge in [-0.15, -0.1) is 0 Å². The van der Waals surface area contributed by atoms with Gasteiger partial charge < -0.3 is 9.64 Å². The summed E-state index contributed by atoms with van der Waals surface area (Å²) in [5.74, 6) is 1.28. The molecule has 0 bridgehead atoms. The quantitative estimate of drug-likeness (QED) is 0.331. The van der Waals surface area contributed by atoms with Gasteiger partial charge >= 0.3 is 0 Å². The minimum atomic E-state index is -0.170. The monoisotopic (exact) mass is 534 g/mol. The molecule has 1 amide bonds. The van der Waals surface area contributed by atoms with Crippen molar-refractivity contribution < 1.29 is 9.53 Å². The summed E-state index contributed by atoms with van der Waals surface area (Å²) < 4.78 is 7.30. The molecule has 5 rings (SSSR count). The number of hydrogen-bond acceptors (Lipinski definition) is 7. The first kappa shape index (κ1) is 25.5. The number of pyridine rings is 1. The van der Waals surface area contributed by atoms with Gasteiger partial charge in [-0.05, 0) is 61.6 Å². The number of ether oxygens (including phenoxy) is 1. The lowest BCUT2D eigenvalue weighted by Gasteiger charge is -2.23. The maximum Gasteiger partial charge on any atom is 0.267 e. The number of thioether (sulfide) groups is 1. The number of amides is 1. The molecule has 0 saturated carbocycles. The van der Waals surface area contributed by atoms with Crippen LogP contribution in [0.15, 0.2) is 52.3 Å². The van der Waals surface area contributed by atoms with E-state index in [1.165, 1.54) is 24.6 Å². The van der Waals surface area contributed by atoms with Crippen molar-refractivity contribution in [3.05, 3.63) is 74.5 Å². The lowest BCUT2D eigenvalue weighted by Crippen LogP contribution is -2.31. The Labute approximate surface area is 226 Å². The molecule has 0 spiro atoms. The second-order valence-electron chi connectivity index (χ2n) is 9.42. The molecule has 2 aliphatic rings. The normalized spacial score (nSPS) is 17.6. The molecule has 0 N–H and O–H groups in total. The van der Waals surface area contributed by atoms with Gasteiger partial charge in [-0.3, -0.25) is 18.9 Å². The Morgan fingerprint density at radius 1 is 1.05 bits per heavy atom. The number of carbonyl (C=O) groups is 1. The second kappa shape index (κ2) is 11.1. The Morgan fingerprint density at radius 3 is 2.49 bits per heavy atom. The zero-order valence-electron chi connectivity index (χ0n) is 21.1. The van der Waals surface area contributed by atoms with Crippen LogP contribution in [-0.4, -0.2) is 51.3 Å². The molecule has 4 heterocycles. The highest BCUT2D eigenvalue weighted by molar-refractivity contribution is 8.26. The van der Waals surface area contributed by atoms with Gasteiger partial charge in [0.2, 0.25) is 0 Å². The van der Waals surface area contributed by atoms with Crippen molar-refractivity contribution in [1.82, 2.24) is 14.3 Å². The van der Waals surface area contributed by atoms with E-state index in [1.54, 1.807) is 28.7 Å². The number of fused-ring (bicyclic) bond motifs is 1. The predicted octanol–water partition coefficient (Wildman–Crippen LogP) is 4.84. The number of nitrogens with zero attached hydrogens (tertiary/aromatic N) is 4. The van der Waals surface area contributed by atoms with E-state index < -0.39 is 0 Å². The third-order valence-electron chi connectivity index (χ3n) is 6.82. The van der Waals surface area contributed by atoms with Crippen molar-refractivity contribution in [2.75, 3.05) is 31.6 Å².